The van der Waals surface area contributed by atoms with E-state index in [9.17, 15) is 4.79 Å². The summed E-state index contributed by atoms with van der Waals surface area (Å²) in [7, 11) is 5.19. The number of aromatic nitrogens is 1. The van der Waals surface area contributed by atoms with E-state index in [-0.39, 0.29) is 18.8 Å². The molecule has 208 valence electrons. The lowest BCUT2D eigenvalue weighted by atomic mass is 10.1. The third-order valence-corrected chi connectivity index (χ3v) is 4.90. The van der Waals surface area contributed by atoms with E-state index in [0.717, 1.165) is 6.21 Å². The minimum Gasteiger partial charge on any atom is -0.483 e. The summed E-state index contributed by atoms with van der Waals surface area (Å²) >= 11 is 3.53. The second-order valence-corrected chi connectivity index (χ2v) is 7.15. The van der Waals surface area contributed by atoms with E-state index >= 15 is 4.48 Å². The molecule has 2 rings (SSSR count). The summed E-state index contributed by atoms with van der Waals surface area (Å²) in [6, 6.07) is 4.87. The average molecular weight is 548 g/mol. The molecule has 5 N–H and O–H groups in total. The van der Waals surface area contributed by atoms with Crippen LogP contribution in [0.3, 0.4) is 0 Å². The molecule has 12 heteroatoms. The van der Waals surface area contributed by atoms with Crippen molar-refractivity contribution in [2.24, 2.45) is 5.73 Å². The third kappa shape index (κ3) is 10.3. The number of hydrogen-bond acceptors (Lipinski definition) is 11. The second kappa shape index (κ2) is 20.3. The normalized spacial score (nSPS) is 11.1. The van der Waals surface area contributed by atoms with Crippen LogP contribution in [0.25, 0.3) is 10.9 Å². The fourth-order valence-electron chi connectivity index (χ4n) is 3.18. The zero-order valence-electron chi connectivity index (χ0n) is 22.3. The number of nitrogens with zero attached hydrogens (tertiary/aromatic N) is 3. The Kier molecular flexibility index (Phi) is 18.3. The van der Waals surface area contributed by atoms with Gasteiger partial charge in [-0.15, -0.1) is 0 Å². The minimum atomic E-state index is -0.152. The van der Waals surface area contributed by atoms with E-state index in [1.807, 2.05) is 11.9 Å². The molecule has 1 aromatic carbocycles. The first kappa shape index (κ1) is 34.3. The van der Waals surface area contributed by atoms with Gasteiger partial charge >= 0.3 is 0 Å². The zero-order chi connectivity index (χ0) is 28.9. The second-order valence-electron chi connectivity index (χ2n) is 7.15. The van der Waals surface area contributed by atoms with Gasteiger partial charge in [0.1, 0.15) is 6.61 Å². The van der Waals surface area contributed by atoms with Crippen LogP contribution in [-0.2, 0) is 9.53 Å². The van der Waals surface area contributed by atoms with Crippen molar-refractivity contribution in [3.8, 4) is 5.75 Å². The highest BCUT2D eigenvalue weighted by molar-refractivity contribution is 7.79. The lowest BCUT2D eigenvalue weighted by Crippen LogP contribution is -2.23. The van der Waals surface area contributed by atoms with Crippen LogP contribution in [0.15, 0.2) is 60.1 Å². The van der Waals surface area contributed by atoms with Crippen LogP contribution in [0.1, 0.15) is 0 Å². The lowest BCUT2D eigenvalue weighted by molar-refractivity contribution is -0.109. The first-order chi connectivity index (χ1) is 18.5. The Morgan fingerprint density at radius 1 is 1.34 bits per heavy atom. The predicted octanol–water partition coefficient (Wildman–Crippen LogP) is 3.55. The van der Waals surface area contributed by atoms with E-state index in [0.29, 0.717) is 58.0 Å². The standard InChI is InChI=1S/C24H31FN6O3.CH3N.CH4S/c1-28-15-19(14-27)18(5-4-8-26)17-31(25)20-6-7-22-21(13-20)24(34-12-10-32)23(16-29-22)30(2)9-11-33-3;2*1-2/h4-8,10,13,15-17,26,28H,9,11-12,14,27H2,1-3H3;2H,1H2;2H,1H3/b5-4-,18-17+,19-15+,26-8?;;. The van der Waals surface area contributed by atoms with Crippen molar-refractivity contribution in [3.63, 3.8) is 0 Å². The van der Waals surface area contributed by atoms with Crippen LogP contribution in [0.4, 0.5) is 15.9 Å². The molecule has 0 saturated heterocycles. The van der Waals surface area contributed by atoms with Crippen LogP contribution in [0.5, 0.6) is 5.75 Å². The number of nitrogens with two attached hydrogens (primary N) is 1. The zero-order valence-corrected chi connectivity index (χ0v) is 23.2. The fraction of sp³-hybridized carbons (Fsp3) is 0.308. The van der Waals surface area contributed by atoms with Gasteiger partial charge in [-0.2, -0.15) is 17.8 Å². The predicted molar refractivity (Wildman–Crippen MR) is 159 cm³/mol. The van der Waals surface area contributed by atoms with Gasteiger partial charge in [0, 0.05) is 58.3 Å². The Balaban J connectivity index is 0.00000326. The molecule has 0 fully saturated rings. The van der Waals surface area contributed by atoms with Gasteiger partial charge in [-0.05, 0) is 48.4 Å². The molecular weight excluding hydrogens is 509 g/mol. The van der Waals surface area contributed by atoms with Gasteiger partial charge in [-0.25, -0.2) is 0 Å². The Hall–Kier alpha value is -3.74. The summed E-state index contributed by atoms with van der Waals surface area (Å²) in [6.07, 6.45) is 11.1. The molecule has 0 saturated carbocycles. The Bertz CT molecular complexity index is 1100. The summed E-state index contributed by atoms with van der Waals surface area (Å²) in [4.78, 5) is 17.4. The van der Waals surface area contributed by atoms with Crippen LogP contribution >= 0.6 is 12.6 Å². The van der Waals surface area contributed by atoms with E-state index in [1.54, 1.807) is 57.1 Å². The van der Waals surface area contributed by atoms with E-state index in [1.165, 1.54) is 12.3 Å². The number of thiol groups is 1. The number of pyridine rings is 1. The number of fused-ring (bicyclic) bond motifs is 1. The molecule has 1 heterocycles. The van der Waals surface area contributed by atoms with Crippen molar-refractivity contribution in [2.75, 3.05) is 63.8 Å². The highest BCUT2D eigenvalue weighted by atomic mass is 32.1. The molecule has 10 nitrogen and oxygen atoms in total. The summed E-state index contributed by atoms with van der Waals surface area (Å²) in [5.41, 5.74) is 8.44. The molecule has 2 aromatic rings. The maximum Gasteiger partial charge on any atom is 0.157 e. The van der Waals surface area contributed by atoms with Gasteiger partial charge in [0.2, 0.25) is 0 Å². The molecule has 0 amide bonds. The van der Waals surface area contributed by atoms with Crippen LogP contribution in [-0.4, -0.2) is 78.0 Å². The summed E-state index contributed by atoms with van der Waals surface area (Å²) < 4.78 is 26.2. The molecule has 0 bridgehead atoms. The summed E-state index contributed by atoms with van der Waals surface area (Å²) in [6.45, 7) is 3.58. The molecule has 1 aromatic heterocycles. The number of benzene rings is 1. The number of anilines is 2. The highest BCUT2D eigenvalue weighted by Gasteiger charge is 2.16. The molecule has 0 unspecified atom stereocenters. The number of rotatable bonds is 14. The smallest absolute Gasteiger partial charge is 0.157 e. The number of carbonyl (C=O) groups excluding carboxylic acids is 1. The maximum atomic E-state index is 15.3. The van der Waals surface area contributed by atoms with Crippen LogP contribution in [0, 0.1) is 10.8 Å². The van der Waals surface area contributed by atoms with Crippen molar-refractivity contribution in [1.29, 1.82) is 10.8 Å². The van der Waals surface area contributed by atoms with Crippen molar-refractivity contribution in [1.82, 2.24) is 10.3 Å². The van der Waals surface area contributed by atoms with Crippen LogP contribution < -0.4 is 25.8 Å². The lowest BCUT2D eigenvalue weighted by Gasteiger charge is -2.23. The first-order valence-electron chi connectivity index (χ1n) is 11.4. The van der Waals surface area contributed by atoms with Gasteiger partial charge in [-0.1, -0.05) is 10.6 Å². The third-order valence-electron chi connectivity index (χ3n) is 4.90. The molecule has 0 aliphatic heterocycles. The molecule has 0 aliphatic rings. The van der Waals surface area contributed by atoms with Gasteiger partial charge in [0.15, 0.2) is 12.0 Å². The van der Waals surface area contributed by atoms with E-state index < -0.39 is 0 Å². The van der Waals surface area contributed by atoms with Crippen molar-refractivity contribution in [3.05, 3.63) is 60.1 Å². The Morgan fingerprint density at radius 3 is 2.63 bits per heavy atom. The monoisotopic (exact) mass is 547 g/mol. The van der Waals surface area contributed by atoms with Gasteiger partial charge in [-0.3, -0.25) is 9.78 Å². The van der Waals surface area contributed by atoms with Crippen molar-refractivity contribution >= 4 is 54.1 Å². The average Bonchev–Trinajstić information content (AvgIpc) is 2.97. The van der Waals surface area contributed by atoms with Gasteiger partial charge in [0.05, 0.1) is 29.7 Å². The number of methoxy groups -OCH3 is 1. The number of hydrogen-bond donors (Lipinski definition) is 5. The maximum absolute atomic E-state index is 15.3. The Morgan fingerprint density at radius 2 is 2.05 bits per heavy atom. The number of allylic oxidation sites excluding steroid dienone is 2. The largest absolute Gasteiger partial charge is 0.483 e. The number of likely N-dealkylation sites (N-methyl/N-ethyl adjacent to an activating group) is 1. The van der Waals surface area contributed by atoms with E-state index in [4.69, 9.17) is 26.0 Å². The van der Waals surface area contributed by atoms with E-state index in [2.05, 4.69) is 29.6 Å². The summed E-state index contributed by atoms with van der Waals surface area (Å²) in [5.74, 6) is 0.427. The number of ether oxygens (including phenoxy) is 2. The van der Waals surface area contributed by atoms with Crippen molar-refractivity contribution in [2.45, 2.75) is 0 Å². The number of halogens is 1. The van der Waals surface area contributed by atoms with Gasteiger partial charge < -0.3 is 36.2 Å². The van der Waals surface area contributed by atoms with Crippen molar-refractivity contribution < 1.29 is 18.7 Å². The SMILES string of the molecule is C=N.CN/C=C(CN)/C(/C=C\C=N)=C/N(F)c1ccc2ncc(N(C)CCOC)c(OCC=O)c2c1.CS. The van der Waals surface area contributed by atoms with Gasteiger partial charge in [0.25, 0.3) is 0 Å². The van der Waals surface area contributed by atoms with Crippen LogP contribution in [0.2, 0.25) is 0 Å². The minimum absolute atomic E-state index is 0.152. The molecule has 0 spiro atoms. The Labute approximate surface area is 229 Å². The summed E-state index contributed by atoms with van der Waals surface area (Å²) in [5, 5.41) is 16.6. The number of aldehydes is 1. The first-order valence-corrected chi connectivity index (χ1v) is 12.3. The quantitative estimate of drug-likeness (QED) is 0.0795. The molecule has 0 atom stereocenters. The number of carbonyl (C=O) groups is 1. The highest BCUT2D eigenvalue weighted by Crippen LogP contribution is 2.36. The molecule has 0 aliphatic carbocycles. The topological polar surface area (TPSA) is 141 Å². The number of nitrogens with one attached hydrogen (secondary N) is 3. The molecule has 0 radical (unpaired) electrons. The molecular formula is C26H38FN7O3S. The fourth-order valence-corrected chi connectivity index (χ4v) is 3.18. The molecule has 38 heavy (non-hydrogen) atoms.